The number of morpholine rings is 1. The molecular formula is C22H28N4O4S. The zero-order valence-electron chi connectivity index (χ0n) is 17.7. The zero-order chi connectivity index (χ0) is 21.8. The molecule has 1 aromatic carbocycles. The van der Waals surface area contributed by atoms with E-state index >= 15 is 0 Å². The van der Waals surface area contributed by atoms with Crippen LogP contribution in [0.15, 0.2) is 33.9 Å². The van der Waals surface area contributed by atoms with Gasteiger partial charge in [0, 0.05) is 42.3 Å². The van der Waals surface area contributed by atoms with Crippen molar-refractivity contribution in [2.24, 2.45) is 0 Å². The van der Waals surface area contributed by atoms with E-state index in [-0.39, 0.29) is 23.2 Å². The summed E-state index contributed by atoms with van der Waals surface area (Å²) in [6.45, 7) is 5.28. The molecule has 0 radical (unpaired) electrons. The van der Waals surface area contributed by atoms with Gasteiger partial charge in [0.2, 0.25) is 5.91 Å². The molecule has 1 fully saturated rings. The van der Waals surface area contributed by atoms with Crippen LogP contribution >= 0.6 is 11.8 Å². The van der Waals surface area contributed by atoms with E-state index in [1.165, 1.54) is 0 Å². The van der Waals surface area contributed by atoms with Gasteiger partial charge in [0.05, 0.1) is 19.3 Å². The minimum Gasteiger partial charge on any atom is -0.379 e. The molecule has 0 bridgehead atoms. The number of amides is 1. The molecule has 1 saturated heterocycles. The maximum atomic E-state index is 12.5. The van der Waals surface area contributed by atoms with Crippen molar-refractivity contribution in [3.05, 3.63) is 61.9 Å². The molecule has 1 aromatic heterocycles. The fourth-order valence-corrected chi connectivity index (χ4v) is 5.03. The number of carbonyl (C=O) groups excluding carboxylic acids is 1. The van der Waals surface area contributed by atoms with Crippen molar-refractivity contribution in [1.82, 2.24) is 14.5 Å². The molecule has 8 nitrogen and oxygen atoms in total. The SMILES string of the molecule is CC(C(=O)Nc1ccc(CCn2c3c(c(=O)[nH]c2=O)CSCC3)cc1)N1CCOCC1. The lowest BCUT2D eigenvalue weighted by atomic mass is 10.1. The van der Waals surface area contributed by atoms with Crippen LogP contribution in [0.25, 0.3) is 0 Å². The number of hydrogen-bond acceptors (Lipinski definition) is 6. The molecular weight excluding hydrogens is 416 g/mol. The van der Waals surface area contributed by atoms with Crippen LogP contribution in [0.4, 0.5) is 5.69 Å². The molecule has 0 aliphatic carbocycles. The second kappa shape index (κ2) is 9.84. The van der Waals surface area contributed by atoms with Crippen molar-refractivity contribution in [2.45, 2.75) is 38.1 Å². The van der Waals surface area contributed by atoms with Gasteiger partial charge in [-0.25, -0.2) is 4.79 Å². The van der Waals surface area contributed by atoms with Crippen LogP contribution in [-0.4, -0.2) is 58.5 Å². The Morgan fingerprint density at radius 3 is 2.71 bits per heavy atom. The third kappa shape index (κ3) is 5.11. The predicted octanol–water partition coefficient (Wildman–Crippen LogP) is 1.23. The number of aryl methyl sites for hydroxylation is 1. The van der Waals surface area contributed by atoms with Crippen molar-refractivity contribution in [1.29, 1.82) is 0 Å². The third-order valence-electron chi connectivity index (χ3n) is 5.96. The number of aromatic nitrogens is 2. The van der Waals surface area contributed by atoms with Crippen molar-refractivity contribution in [2.75, 3.05) is 37.4 Å². The number of carbonyl (C=O) groups is 1. The molecule has 0 saturated carbocycles. The number of nitrogens with one attached hydrogen (secondary N) is 2. The first kappa shape index (κ1) is 21.9. The van der Waals surface area contributed by atoms with Gasteiger partial charge in [-0.1, -0.05) is 12.1 Å². The van der Waals surface area contributed by atoms with Crippen molar-refractivity contribution in [3.63, 3.8) is 0 Å². The molecule has 2 N–H and O–H groups in total. The standard InChI is InChI=1S/C22H28N4O4S/c1-15(25-9-11-30-12-10-25)20(27)23-17-4-2-16(3-5-17)6-8-26-19-7-13-31-14-18(19)21(28)24-22(26)29/h2-5,15H,6-14H2,1H3,(H,23,27)(H,24,28,29). The molecule has 0 spiro atoms. The Labute approximate surface area is 185 Å². The summed E-state index contributed by atoms with van der Waals surface area (Å²) in [5.74, 6) is 1.55. The Hall–Kier alpha value is -2.36. The smallest absolute Gasteiger partial charge is 0.328 e. The average Bonchev–Trinajstić information content (AvgIpc) is 2.80. The first-order chi connectivity index (χ1) is 15.0. The Kier molecular flexibility index (Phi) is 6.94. The van der Waals surface area contributed by atoms with E-state index in [1.54, 1.807) is 16.3 Å². The normalized spacial score (nSPS) is 17.7. The molecule has 4 rings (SSSR count). The summed E-state index contributed by atoms with van der Waals surface area (Å²) in [7, 11) is 0. The van der Waals surface area contributed by atoms with Gasteiger partial charge in [-0.15, -0.1) is 0 Å². The molecule has 31 heavy (non-hydrogen) atoms. The summed E-state index contributed by atoms with van der Waals surface area (Å²) in [6.07, 6.45) is 1.41. The summed E-state index contributed by atoms with van der Waals surface area (Å²) < 4.78 is 7.05. The summed E-state index contributed by atoms with van der Waals surface area (Å²) in [5.41, 5.74) is 2.82. The van der Waals surface area contributed by atoms with Crippen LogP contribution in [0.3, 0.4) is 0 Å². The molecule has 166 valence electrons. The van der Waals surface area contributed by atoms with Gasteiger partial charge in [0.25, 0.3) is 5.56 Å². The number of ether oxygens (including phenoxy) is 1. The monoisotopic (exact) mass is 444 g/mol. The molecule has 2 aliphatic heterocycles. The van der Waals surface area contributed by atoms with Crippen LogP contribution in [0.2, 0.25) is 0 Å². The number of aromatic amines is 1. The highest BCUT2D eigenvalue weighted by Crippen LogP contribution is 2.21. The van der Waals surface area contributed by atoms with Crippen molar-refractivity contribution < 1.29 is 9.53 Å². The second-order valence-corrected chi connectivity index (χ2v) is 9.00. The zero-order valence-corrected chi connectivity index (χ0v) is 18.5. The molecule has 3 heterocycles. The summed E-state index contributed by atoms with van der Waals surface area (Å²) in [4.78, 5) is 41.5. The van der Waals surface area contributed by atoms with Gasteiger partial charge in [-0.3, -0.25) is 24.0 Å². The largest absolute Gasteiger partial charge is 0.379 e. The van der Waals surface area contributed by atoms with Crippen molar-refractivity contribution >= 4 is 23.4 Å². The summed E-state index contributed by atoms with van der Waals surface area (Å²) in [5, 5.41) is 2.98. The van der Waals surface area contributed by atoms with Gasteiger partial charge in [0.1, 0.15) is 0 Å². The lowest BCUT2D eigenvalue weighted by Crippen LogP contribution is -2.47. The minimum absolute atomic E-state index is 0.0288. The number of rotatable bonds is 6. The lowest BCUT2D eigenvalue weighted by molar-refractivity contribution is -0.122. The Bertz CT molecular complexity index is 1040. The topological polar surface area (TPSA) is 96.4 Å². The minimum atomic E-state index is -0.336. The molecule has 1 atom stereocenters. The van der Waals surface area contributed by atoms with Crippen LogP contribution < -0.4 is 16.6 Å². The van der Waals surface area contributed by atoms with Crippen LogP contribution in [0, 0.1) is 0 Å². The Morgan fingerprint density at radius 1 is 1.23 bits per heavy atom. The fraction of sp³-hybridized carbons (Fsp3) is 0.500. The highest BCUT2D eigenvalue weighted by Gasteiger charge is 2.23. The van der Waals surface area contributed by atoms with Gasteiger partial charge in [0.15, 0.2) is 0 Å². The number of hydrogen-bond donors (Lipinski definition) is 2. The summed E-state index contributed by atoms with van der Waals surface area (Å²) >= 11 is 1.72. The number of thioether (sulfide) groups is 1. The molecule has 1 amide bonds. The lowest BCUT2D eigenvalue weighted by Gasteiger charge is -2.31. The maximum absolute atomic E-state index is 12.5. The van der Waals surface area contributed by atoms with Gasteiger partial charge in [-0.05, 0) is 43.2 Å². The van der Waals surface area contributed by atoms with Crippen LogP contribution in [0.1, 0.15) is 23.7 Å². The van der Waals surface area contributed by atoms with E-state index in [0.717, 1.165) is 47.8 Å². The maximum Gasteiger partial charge on any atom is 0.328 e. The summed E-state index contributed by atoms with van der Waals surface area (Å²) in [6, 6.07) is 7.50. The van der Waals surface area contributed by atoms with E-state index in [2.05, 4.69) is 15.2 Å². The highest BCUT2D eigenvalue weighted by atomic mass is 32.2. The molecule has 1 unspecified atom stereocenters. The van der Waals surface area contributed by atoms with E-state index < -0.39 is 0 Å². The number of nitrogens with zero attached hydrogens (tertiary/aromatic N) is 2. The van der Waals surface area contributed by atoms with E-state index in [0.29, 0.717) is 31.9 Å². The van der Waals surface area contributed by atoms with Gasteiger partial charge in [-0.2, -0.15) is 11.8 Å². The van der Waals surface area contributed by atoms with E-state index in [9.17, 15) is 14.4 Å². The van der Waals surface area contributed by atoms with Gasteiger partial charge < -0.3 is 10.1 Å². The van der Waals surface area contributed by atoms with E-state index in [1.807, 2.05) is 31.2 Å². The predicted molar refractivity (Wildman–Crippen MR) is 122 cm³/mol. The third-order valence-corrected chi connectivity index (χ3v) is 6.95. The van der Waals surface area contributed by atoms with E-state index in [4.69, 9.17) is 4.74 Å². The second-order valence-electron chi connectivity index (χ2n) is 7.90. The Morgan fingerprint density at radius 2 is 1.97 bits per heavy atom. The molecule has 9 heteroatoms. The fourth-order valence-electron chi connectivity index (χ4n) is 4.04. The number of anilines is 1. The quantitative estimate of drug-likeness (QED) is 0.696. The Balaban J connectivity index is 1.38. The first-order valence-electron chi connectivity index (χ1n) is 10.7. The number of H-pyrrole nitrogens is 1. The van der Waals surface area contributed by atoms with Gasteiger partial charge >= 0.3 is 5.69 Å². The van der Waals surface area contributed by atoms with Crippen molar-refractivity contribution in [3.8, 4) is 0 Å². The van der Waals surface area contributed by atoms with Crippen LogP contribution in [0.5, 0.6) is 0 Å². The number of fused-ring (bicyclic) bond motifs is 1. The van der Waals surface area contributed by atoms with Crippen LogP contribution in [-0.2, 0) is 34.7 Å². The highest BCUT2D eigenvalue weighted by molar-refractivity contribution is 7.98. The average molecular weight is 445 g/mol. The molecule has 2 aromatic rings. The first-order valence-corrected chi connectivity index (χ1v) is 11.8. The number of benzene rings is 1. The molecule has 2 aliphatic rings.